The van der Waals surface area contributed by atoms with Crippen LogP contribution in [0.2, 0.25) is 0 Å². The lowest BCUT2D eigenvalue weighted by Crippen LogP contribution is -2.59. The summed E-state index contributed by atoms with van der Waals surface area (Å²) in [6.07, 6.45) is 5.99. The number of para-hydroxylation sites is 1. The zero-order valence-electron chi connectivity index (χ0n) is 17.2. The average molecular weight is 394 g/mol. The zero-order valence-corrected chi connectivity index (χ0v) is 17.2. The number of ether oxygens (including phenoxy) is 1. The van der Waals surface area contributed by atoms with Gasteiger partial charge in [-0.25, -0.2) is 0 Å². The van der Waals surface area contributed by atoms with Crippen molar-refractivity contribution < 1.29 is 14.6 Å². The quantitative estimate of drug-likeness (QED) is 0.824. The van der Waals surface area contributed by atoms with E-state index in [1.807, 2.05) is 54.6 Å². The molecule has 1 saturated heterocycles. The third-order valence-corrected chi connectivity index (χ3v) is 6.87. The predicted octanol–water partition coefficient (Wildman–Crippen LogP) is 4.31. The summed E-state index contributed by atoms with van der Waals surface area (Å²) in [6.45, 7) is 0.622. The molecule has 1 saturated carbocycles. The third-order valence-electron chi connectivity index (χ3n) is 6.87. The highest BCUT2D eigenvalue weighted by atomic mass is 16.5. The van der Waals surface area contributed by atoms with Crippen LogP contribution in [0.1, 0.15) is 49.7 Å². The van der Waals surface area contributed by atoms with Crippen molar-refractivity contribution in [2.24, 2.45) is 5.92 Å². The summed E-state index contributed by atoms with van der Waals surface area (Å²) < 4.78 is 5.43. The van der Waals surface area contributed by atoms with Gasteiger partial charge in [0.15, 0.2) is 0 Å². The number of rotatable bonds is 5. The van der Waals surface area contributed by atoms with Crippen molar-refractivity contribution in [3.05, 3.63) is 65.7 Å². The number of amides is 1. The van der Waals surface area contributed by atoms with Gasteiger partial charge < -0.3 is 14.7 Å². The molecule has 0 aromatic heterocycles. The SMILES string of the molecule is COc1ccccc1CCC(=O)N1CCC(O)(c2ccccc2)[C@@H]2CCCC[C@H]21. The lowest BCUT2D eigenvalue weighted by atomic mass is 9.66. The minimum atomic E-state index is -0.828. The number of piperidine rings is 1. The first kappa shape index (κ1) is 20.0. The monoisotopic (exact) mass is 393 g/mol. The van der Waals surface area contributed by atoms with Gasteiger partial charge in [-0.15, -0.1) is 0 Å². The summed E-state index contributed by atoms with van der Waals surface area (Å²) in [6, 6.07) is 18.1. The number of methoxy groups -OCH3 is 1. The molecule has 3 atom stereocenters. The first-order valence-electron chi connectivity index (χ1n) is 10.8. The minimum Gasteiger partial charge on any atom is -0.496 e. The third kappa shape index (κ3) is 3.91. The van der Waals surface area contributed by atoms with Crippen molar-refractivity contribution in [2.75, 3.05) is 13.7 Å². The Bertz CT molecular complexity index is 837. The molecule has 4 heteroatoms. The van der Waals surface area contributed by atoms with Gasteiger partial charge >= 0.3 is 0 Å². The van der Waals surface area contributed by atoms with Crippen LogP contribution in [0.3, 0.4) is 0 Å². The molecule has 1 N–H and O–H groups in total. The van der Waals surface area contributed by atoms with Gasteiger partial charge in [0.2, 0.25) is 5.91 Å². The van der Waals surface area contributed by atoms with Gasteiger partial charge in [0.1, 0.15) is 5.75 Å². The van der Waals surface area contributed by atoms with Gasteiger partial charge in [-0.2, -0.15) is 0 Å². The van der Waals surface area contributed by atoms with Crippen molar-refractivity contribution in [3.63, 3.8) is 0 Å². The molecule has 0 spiro atoms. The van der Waals surface area contributed by atoms with Gasteiger partial charge in [-0.1, -0.05) is 61.4 Å². The second-order valence-electron chi connectivity index (χ2n) is 8.40. The number of nitrogens with zero attached hydrogens (tertiary/aromatic N) is 1. The van der Waals surface area contributed by atoms with Gasteiger partial charge in [0.25, 0.3) is 0 Å². The fourth-order valence-corrected chi connectivity index (χ4v) is 5.37. The number of aryl methyl sites for hydroxylation is 1. The van der Waals surface area contributed by atoms with E-state index in [0.29, 0.717) is 25.8 Å². The molecule has 2 aromatic carbocycles. The van der Waals surface area contributed by atoms with Crippen LogP contribution in [0.4, 0.5) is 0 Å². The molecule has 1 amide bonds. The summed E-state index contributed by atoms with van der Waals surface area (Å²) in [5.74, 6) is 1.15. The lowest BCUT2D eigenvalue weighted by molar-refractivity contribution is -0.154. The maximum Gasteiger partial charge on any atom is 0.223 e. The maximum absolute atomic E-state index is 13.2. The van der Waals surface area contributed by atoms with E-state index in [2.05, 4.69) is 4.90 Å². The van der Waals surface area contributed by atoms with Crippen LogP contribution in [-0.2, 0) is 16.8 Å². The molecule has 1 aliphatic heterocycles. The maximum atomic E-state index is 13.2. The lowest BCUT2D eigenvalue weighted by Gasteiger charge is -2.52. The predicted molar refractivity (Wildman–Crippen MR) is 114 cm³/mol. The first-order chi connectivity index (χ1) is 14.1. The van der Waals surface area contributed by atoms with E-state index in [0.717, 1.165) is 42.6 Å². The number of likely N-dealkylation sites (tertiary alicyclic amines) is 1. The first-order valence-corrected chi connectivity index (χ1v) is 10.8. The van der Waals surface area contributed by atoms with E-state index in [1.54, 1.807) is 7.11 Å². The number of aliphatic hydroxyl groups is 1. The van der Waals surface area contributed by atoms with Crippen molar-refractivity contribution in [3.8, 4) is 5.75 Å². The van der Waals surface area contributed by atoms with E-state index in [1.165, 1.54) is 0 Å². The molecule has 2 aliphatic rings. The Morgan fingerprint density at radius 2 is 1.83 bits per heavy atom. The Labute approximate surface area is 173 Å². The molecule has 4 rings (SSSR count). The van der Waals surface area contributed by atoms with Crippen molar-refractivity contribution in [2.45, 2.75) is 56.6 Å². The highest BCUT2D eigenvalue weighted by Gasteiger charge is 2.50. The largest absolute Gasteiger partial charge is 0.496 e. The molecule has 1 aliphatic carbocycles. The molecule has 29 heavy (non-hydrogen) atoms. The number of hydrogen-bond acceptors (Lipinski definition) is 3. The van der Waals surface area contributed by atoms with E-state index in [-0.39, 0.29) is 17.9 Å². The second kappa shape index (κ2) is 8.58. The Hall–Kier alpha value is -2.33. The molecular formula is C25H31NO3. The molecular weight excluding hydrogens is 362 g/mol. The molecule has 0 bridgehead atoms. The van der Waals surface area contributed by atoms with Crippen LogP contribution in [0.15, 0.2) is 54.6 Å². The van der Waals surface area contributed by atoms with Crippen LogP contribution >= 0.6 is 0 Å². The standard InChI is InChI=1S/C25H31NO3/c1-29-23-14-8-5-9-19(23)15-16-24(27)26-18-17-25(28,20-10-3-2-4-11-20)21-12-6-7-13-22(21)26/h2-5,8-11,14,21-22,28H,6-7,12-13,15-18H2,1H3/t21-,22-,25?/m1/s1. The van der Waals surface area contributed by atoms with E-state index in [9.17, 15) is 9.90 Å². The van der Waals surface area contributed by atoms with E-state index >= 15 is 0 Å². The van der Waals surface area contributed by atoms with Gasteiger partial charge in [0, 0.05) is 24.9 Å². The molecule has 2 fully saturated rings. The van der Waals surface area contributed by atoms with E-state index < -0.39 is 5.60 Å². The number of hydrogen-bond donors (Lipinski definition) is 1. The summed E-state index contributed by atoms with van der Waals surface area (Å²) in [4.78, 5) is 15.2. The number of fused-ring (bicyclic) bond motifs is 1. The average Bonchev–Trinajstić information content (AvgIpc) is 2.78. The van der Waals surface area contributed by atoms with E-state index in [4.69, 9.17) is 4.74 Å². The molecule has 1 unspecified atom stereocenters. The summed E-state index contributed by atoms with van der Waals surface area (Å²) in [5.41, 5.74) is 1.24. The van der Waals surface area contributed by atoms with Crippen molar-refractivity contribution in [1.82, 2.24) is 4.90 Å². The second-order valence-corrected chi connectivity index (χ2v) is 8.40. The fraction of sp³-hybridized carbons (Fsp3) is 0.480. The Morgan fingerprint density at radius 3 is 2.62 bits per heavy atom. The Kier molecular flexibility index (Phi) is 5.91. The van der Waals surface area contributed by atoms with Gasteiger partial charge in [-0.3, -0.25) is 4.79 Å². The number of benzene rings is 2. The number of carbonyl (C=O) groups excluding carboxylic acids is 1. The summed E-state index contributed by atoms with van der Waals surface area (Å²) in [5, 5.41) is 11.7. The van der Waals surface area contributed by atoms with Crippen LogP contribution in [0.5, 0.6) is 5.75 Å². The van der Waals surface area contributed by atoms with Crippen molar-refractivity contribution in [1.29, 1.82) is 0 Å². The summed E-state index contributed by atoms with van der Waals surface area (Å²) >= 11 is 0. The van der Waals surface area contributed by atoms with Crippen LogP contribution in [-0.4, -0.2) is 35.6 Å². The molecule has 0 radical (unpaired) electrons. The van der Waals surface area contributed by atoms with Gasteiger partial charge in [-0.05, 0) is 42.9 Å². The normalized spacial score (nSPS) is 26.6. The van der Waals surface area contributed by atoms with Gasteiger partial charge in [0.05, 0.1) is 12.7 Å². The molecule has 2 aromatic rings. The zero-order chi connectivity index (χ0) is 20.3. The topological polar surface area (TPSA) is 49.8 Å². The van der Waals surface area contributed by atoms with Crippen LogP contribution < -0.4 is 4.74 Å². The van der Waals surface area contributed by atoms with Crippen molar-refractivity contribution >= 4 is 5.91 Å². The Balaban J connectivity index is 1.50. The molecule has 4 nitrogen and oxygen atoms in total. The molecule has 154 valence electrons. The smallest absolute Gasteiger partial charge is 0.223 e. The minimum absolute atomic E-state index is 0.114. The summed E-state index contributed by atoms with van der Waals surface area (Å²) in [7, 11) is 1.67. The Morgan fingerprint density at radius 1 is 1.10 bits per heavy atom. The highest BCUT2D eigenvalue weighted by Crippen LogP contribution is 2.47. The fourth-order valence-electron chi connectivity index (χ4n) is 5.37. The van der Waals surface area contributed by atoms with Crippen LogP contribution in [0, 0.1) is 5.92 Å². The van der Waals surface area contributed by atoms with Crippen LogP contribution in [0.25, 0.3) is 0 Å². The number of carbonyl (C=O) groups is 1. The highest BCUT2D eigenvalue weighted by molar-refractivity contribution is 5.77. The molecule has 1 heterocycles.